The molecule has 0 aromatic heterocycles. The monoisotopic (exact) mass is 394 g/mol. The number of likely N-dealkylation sites (tertiary alicyclic amines) is 1. The molecule has 0 radical (unpaired) electrons. The Morgan fingerprint density at radius 2 is 1.97 bits per heavy atom. The van der Waals surface area contributed by atoms with Crippen LogP contribution in [0.15, 0.2) is 60.7 Å². The summed E-state index contributed by atoms with van der Waals surface area (Å²) in [5.41, 5.74) is 1.55. The highest BCUT2D eigenvalue weighted by Gasteiger charge is 2.37. The summed E-state index contributed by atoms with van der Waals surface area (Å²) in [5, 5.41) is 20.5. The first kappa shape index (κ1) is 20.4. The summed E-state index contributed by atoms with van der Waals surface area (Å²) in [6.45, 7) is 2.01. The van der Waals surface area contributed by atoms with Gasteiger partial charge in [-0.2, -0.15) is 0 Å². The lowest BCUT2D eigenvalue weighted by Crippen LogP contribution is -2.32. The molecule has 2 aromatic carbocycles. The van der Waals surface area contributed by atoms with Gasteiger partial charge in [-0.1, -0.05) is 48.5 Å². The molecule has 7 nitrogen and oxygen atoms in total. The van der Waals surface area contributed by atoms with Crippen LogP contribution in [-0.2, 0) is 16.1 Å². The van der Waals surface area contributed by atoms with E-state index in [0.717, 1.165) is 18.7 Å². The number of carboxylic acid groups (broad SMARTS) is 1. The first-order valence-electron chi connectivity index (χ1n) is 9.39. The molecule has 1 N–H and O–H groups in total. The predicted octanol–water partition coefficient (Wildman–Crippen LogP) is 3.40. The summed E-state index contributed by atoms with van der Waals surface area (Å²) in [5.74, 6) is -3.01. The van der Waals surface area contributed by atoms with Gasteiger partial charge < -0.3 is 5.11 Å². The number of non-ortho nitro benzene ring substituents is 1. The van der Waals surface area contributed by atoms with Gasteiger partial charge >= 0.3 is 5.97 Å². The van der Waals surface area contributed by atoms with E-state index in [4.69, 9.17) is 0 Å². The van der Waals surface area contributed by atoms with Crippen LogP contribution in [0.2, 0.25) is 0 Å². The molecule has 1 saturated heterocycles. The number of carbonyl (C=O) groups is 2. The Bertz CT molecular complexity index is 926. The molecule has 1 aliphatic heterocycles. The molecule has 29 heavy (non-hydrogen) atoms. The van der Waals surface area contributed by atoms with Crippen molar-refractivity contribution < 1.29 is 19.6 Å². The van der Waals surface area contributed by atoms with Crippen molar-refractivity contribution >= 4 is 23.5 Å². The third-order valence-corrected chi connectivity index (χ3v) is 5.12. The summed E-state index contributed by atoms with van der Waals surface area (Å²) in [7, 11) is 0. The fraction of sp³-hybridized carbons (Fsp3) is 0.273. The maximum Gasteiger partial charge on any atom is 0.314 e. The van der Waals surface area contributed by atoms with E-state index in [2.05, 4.69) is 4.90 Å². The number of ketones is 1. The molecule has 0 bridgehead atoms. The zero-order valence-corrected chi connectivity index (χ0v) is 15.8. The van der Waals surface area contributed by atoms with Crippen molar-refractivity contribution in [1.29, 1.82) is 0 Å². The van der Waals surface area contributed by atoms with E-state index in [-0.39, 0.29) is 11.6 Å². The van der Waals surface area contributed by atoms with Crippen LogP contribution in [0.5, 0.6) is 0 Å². The molecular formula is C22H22N2O5. The summed E-state index contributed by atoms with van der Waals surface area (Å²) >= 11 is 0. The molecule has 1 aliphatic rings. The zero-order valence-electron chi connectivity index (χ0n) is 15.8. The normalized spacial score (nSPS) is 18.0. The highest BCUT2D eigenvalue weighted by Crippen LogP contribution is 2.27. The number of benzene rings is 2. The minimum Gasteiger partial charge on any atom is -0.481 e. The van der Waals surface area contributed by atoms with Gasteiger partial charge in [0.25, 0.3) is 5.69 Å². The molecule has 3 rings (SSSR count). The van der Waals surface area contributed by atoms with Crippen molar-refractivity contribution in [2.75, 3.05) is 13.1 Å². The number of hydrogen-bond donors (Lipinski definition) is 1. The fourth-order valence-electron chi connectivity index (χ4n) is 3.70. The molecule has 2 atom stereocenters. The molecule has 0 saturated carbocycles. The Hall–Kier alpha value is -3.32. The average molecular weight is 394 g/mol. The Labute approximate surface area is 168 Å². The lowest BCUT2D eigenvalue weighted by atomic mass is 9.87. The van der Waals surface area contributed by atoms with Crippen LogP contribution in [0.4, 0.5) is 5.69 Å². The van der Waals surface area contributed by atoms with Crippen LogP contribution in [0, 0.1) is 22.0 Å². The van der Waals surface area contributed by atoms with Crippen LogP contribution >= 0.6 is 0 Å². The van der Waals surface area contributed by atoms with E-state index < -0.39 is 22.6 Å². The van der Waals surface area contributed by atoms with Crippen molar-refractivity contribution in [2.45, 2.75) is 13.0 Å². The third kappa shape index (κ3) is 5.36. The number of carboxylic acids is 1. The smallest absolute Gasteiger partial charge is 0.314 e. The standard InChI is InChI=1S/C22H22N2O5/c25-20(10-9-16-7-4-8-19(13-16)24(28)29)21(22(26)27)18-11-12-23(15-18)14-17-5-2-1-3-6-17/h1-10,13,18,21H,11-12,14-15H2,(H,26,27)/t18-,21?/m1/s1. The van der Waals surface area contributed by atoms with Crippen molar-refractivity contribution in [1.82, 2.24) is 4.90 Å². The van der Waals surface area contributed by atoms with Gasteiger partial charge in [0, 0.05) is 25.2 Å². The highest BCUT2D eigenvalue weighted by molar-refractivity contribution is 6.06. The van der Waals surface area contributed by atoms with Gasteiger partial charge in [-0.25, -0.2) is 0 Å². The number of nitro groups is 1. The summed E-state index contributed by atoms with van der Waals surface area (Å²) in [6, 6.07) is 15.8. The molecule has 1 heterocycles. The molecule has 0 aliphatic carbocycles. The Kier molecular flexibility index (Phi) is 6.51. The largest absolute Gasteiger partial charge is 0.481 e. The van der Waals surface area contributed by atoms with Gasteiger partial charge in [0.2, 0.25) is 0 Å². The second-order valence-corrected chi connectivity index (χ2v) is 7.17. The van der Waals surface area contributed by atoms with Crippen LogP contribution in [0.25, 0.3) is 6.08 Å². The van der Waals surface area contributed by atoms with Crippen molar-refractivity contribution in [3.05, 3.63) is 81.9 Å². The molecule has 2 aromatic rings. The lowest BCUT2D eigenvalue weighted by Gasteiger charge is -2.19. The first-order valence-corrected chi connectivity index (χ1v) is 9.39. The fourth-order valence-corrected chi connectivity index (χ4v) is 3.70. The number of hydrogen-bond acceptors (Lipinski definition) is 5. The number of nitro benzene ring substituents is 1. The van der Waals surface area contributed by atoms with E-state index in [9.17, 15) is 24.8 Å². The number of rotatable bonds is 8. The van der Waals surface area contributed by atoms with Crippen molar-refractivity contribution in [2.24, 2.45) is 11.8 Å². The van der Waals surface area contributed by atoms with Crippen LogP contribution in [-0.4, -0.2) is 39.8 Å². The van der Waals surface area contributed by atoms with E-state index in [1.54, 1.807) is 6.07 Å². The molecule has 0 spiro atoms. The first-order chi connectivity index (χ1) is 13.9. The zero-order chi connectivity index (χ0) is 20.8. The number of nitrogens with zero attached hydrogens (tertiary/aromatic N) is 2. The number of aliphatic carboxylic acids is 1. The van der Waals surface area contributed by atoms with Gasteiger partial charge in [0.15, 0.2) is 5.78 Å². The Balaban J connectivity index is 1.66. The second-order valence-electron chi connectivity index (χ2n) is 7.17. The lowest BCUT2D eigenvalue weighted by molar-refractivity contribution is -0.384. The number of carbonyl (C=O) groups excluding carboxylic acids is 1. The molecule has 7 heteroatoms. The van der Waals surface area contributed by atoms with Crippen LogP contribution in [0.1, 0.15) is 17.5 Å². The molecule has 1 fully saturated rings. The molecule has 1 unspecified atom stereocenters. The third-order valence-electron chi connectivity index (χ3n) is 5.12. The maximum atomic E-state index is 12.6. The topological polar surface area (TPSA) is 101 Å². The van der Waals surface area contributed by atoms with E-state index in [0.29, 0.717) is 18.5 Å². The Morgan fingerprint density at radius 3 is 2.66 bits per heavy atom. The minimum atomic E-state index is -1.13. The highest BCUT2D eigenvalue weighted by atomic mass is 16.6. The van der Waals surface area contributed by atoms with Gasteiger partial charge in [0.05, 0.1) is 4.92 Å². The average Bonchev–Trinajstić information content (AvgIpc) is 3.15. The second kappa shape index (κ2) is 9.25. The molecule has 0 amide bonds. The van der Waals surface area contributed by atoms with Crippen LogP contribution < -0.4 is 0 Å². The minimum absolute atomic E-state index is 0.0817. The Morgan fingerprint density at radius 1 is 1.21 bits per heavy atom. The summed E-state index contributed by atoms with van der Waals surface area (Å²) in [6.07, 6.45) is 3.29. The summed E-state index contributed by atoms with van der Waals surface area (Å²) < 4.78 is 0. The van der Waals surface area contributed by atoms with Gasteiger partial charge in [-0.05, 0) is 36.1 Å². The van der Waals surface area contributed by atoms with Gasteiger partial charge in [-0.15, -0.1) is 0 Å². The SMILES string of the molecule is O=C(O)C(C(=O)C=Cc1cccc([N+](=O)[O-])c1)[C@@H]1CCN(Cc2ccccc2)C1. The van der Waals surface area contributed by atoms with E-state index >= 15 is 0 Å². The molecule has 150 valence electrons. The van der Waals surface area contributed by atoms with Crippen molar-refractivity contribution in [3.63, 3.8) is 0 Å². The maximum absolute atomic E-state index is 12.6. The van der Waals surface area contributed by atoms with Crippen LogP contribution in [0.3, 0.4) is 0 Å². The van der Waals surface area contributed by atoms with Crippen molar-refractivity contribution in [3.8, 4) is 0 Å². The summed E-state index contributed by atoms with van der Waals surface area (Å²) in [4.78, 5) is 36.9. The number of allylic oxidation sites excluding steroid dienone is 1. The van der Waals surface area contributed by atoms with E-state index in [1.165, 1.54) is 30.4 Å². The van der Waals surface area contributed by atoms with E-state index in [1.807, 2.05) is 30.3 Å². The molecular weight excluding hydrogens is 372 g/mol. The van der Waals surface area contributed by atoms with Gasteiger partial charge in [0.1, 0.15) is 5.92 Å². The predicted molar refractivity (Wildman–Crippen MR) is 108 cm³/mol. The quantitative estimate of drug-likeness (QED) is 0.319. The van der Waals surface area contributed by atoms with Gasteiger partial charge in [-0.3, -0.25) is 24.6 Å².